The number of thioether (sulfide) groups is 1. The van der Waals surface area contributed by atoms with Gasteiger partial charge in [0.15, 0.2) is 0 Å². The van der Waals surface area contributed by atoms with Crippen LogP contribution < -0.4 is 0 Å². The van der Waals surface area contributed by atoms with Crippen molar-refractivity contribution in [3.05, 3.63) is 11.5 Å². The van der Waals surface area contributed by atoms with E-state index < -0.39 is 9.05 Å². The van der Waals surface area contributed by atoms with Gasteiger partial charge in [0.25, 0.3) is 9.05 Å². The van der Waals surface area contributed by atoms with E-state index in [-0.39, 0.29) is 10.2 Å². The zero-order chi connectivity index (χ0) is 9.19. The molecular formula is C7H11ClO2S2. The third-order valence-electron chi connectivity index (χ3n) is 1.85. The van der Waals surface area contributed by atoms with E-state index in [1.54, 1.807) is 11.8 Å². The van der Waals surface area contributed by atoms with Gasteiger partial charge in [-0.15, -0.1) is 0 Å². The monoisotopic (exact) mass is 226 g/mol. The first-order valence-corrected chi connectivity index (χ1v) is 7.12. The fourth-order valence-corrected chi connectivity index (χ4v) is 3.82. The zero-order valence-corrected chi connectivity index (χ0v) is 9.01. The molecule has 5 heteroatoms. The van der Waals surface area contributed by atoms with E-state index in [9.17, 15) is 8.42 Å². The van der Waals surface area contributed by atoms with Crippen molar-refractivity contribution in [3.63, 3.8) is 0 Å². The highest BCUT2D eigenvalue weighted by Crippen LogP contribution is 2.33. The first kappa shape index (κ1) is 10.4. The molecule has 0 amide bonds. The minimum atomic E-state index is -3.55. The Balaban J connectivity index is 2.64. The van der Waals surface area contributed by atoms with Gasteiger partial charge in [0, 0.05) is 15.9 Å². The summed E-state index contributed by atoms with van der Waals surface area (Å²) in [6.07, 6.45) is 3.12. The van der Waals surface area contributed by atoms with Gasteiger partial charge in [-0.1, -0.05) is 13.0 Å². The molecule has 0 radical (unpaired) electrons. The van der Waals surface area contributed by atoms with Gasteiger partial charge >= 0.3 is 0 Å². The van der Waals surface area contributed by atoms with Crippen LogP contribution in [0.2, 0.25) is 0 Å². The average Bonchev–Trinajstić information content (AvgIpc) is 2.03. The topological polar surface area (TPSA) is 34.1 Å². The Morgan fingerprint density at radius 1 is 1.50 bits per heavy atom. The van der Waals surface area contributed by atoms with Crippen molar-refractivity contribution in [2.45, 2.75) is 24.5 Å². The smallest absolute Gasteiger partial charge is 0.207 e. The fourth-order valence-electron chi connectivity index (χ4n) is 1.15. The van der Waals surface area contributed by atoms with Crippen LogP contribution in [0.15, 0.2) is 11.5 Å². The summed E-state index contributed by atoms with van der Waals surface area (Å²) in [5.41, 5.74) is 0. The molecule has 0 aliphatic carbocycles. The Kier molecular flexibility index (Phi) is 3.49. The average molecular weight is 227 g/mol. The predicted molar refractivity (Wildman–Crippen MR) is 54.0 cm³/mol. The van der Waals surface area contributed by atoms with E-state index in [0.717, 1.165) is 25.0 Å². The van der Waals surface area contributed by atoms with Gasteiger partial charge in [0.1, 0.15) is 0 Å². The molecule has 0 spiro atoms. The molecule has 1 aliphatic rings. The van der Waals surface area contributed by atoms with Crippen LogP contribution in [-0.2, 0) is 9.05 Å². The van der Waals surface area contributed by atoms with Crippen molar-refractivity contribution >= 4 is 31.5 Å². The molecule has 0 N–H and O–H groups in total. The van der Waals surface area contributed by atoms with Gasteiger partial charge < -0.3 is 0 Å². The Morgan fingerprint density at radius 3 is 2.58 bits per heavy atom. The van der Waals surface area contributed by atoms with Crippen LogP contribution in [-0.4, -0.2) is 19.4 Å². The van der Waals surface area contributed by atoms with Crippen LogP contribution in [0.1, 0.15) is 19.3 Å². The van der Waals surface area contributed by atoms with E-state index in [4.69, 9.17) is 10.7 Å². The zero-order valence-electron chi connectivity index (χ0n) is 6.62. The molecule has 1 aliphatic heterocycles. The number of hydrogen-bond acceptors (Lipinski definition) is 3. The molecule has 70 valence electrons. The van der Waals surface area contributed by atoms with Crippen LogP contribution >= 0.6 is 22.4 Å². The van der Waals surface area contributed by atoms with Crippen molar-refractivity contribution in [2.24, 2.45) is 0 Å². The quantitative estimate of drug-likeness (QED) is 0.678. The van der Waals surface area contributed by atoms with Crippen molar-refractivity contribution in [2.75, 3.05) is 5.75 Å². The molecule has 1 unspecified atom stereocenters. The van der Waals surface area contributed by atoms with E-state index in [2.05, 4.69) is 6.58 Å². The van der Waals surface area contributed by atoms with Gasteiger partial charge in [-0.05, 0) is 18.6 Å². The lowest BCUT2D eigenvalue weighted by atomic mass is 10.2. The number of rotatable bonds is 2. The standard InChI is InChI=1S/C7H11ClO2S2/c1-6(12(8,9)10)7-4-2-3-5-11-7/h7H,1-5H2. The summed E-state index contributed by atoms with van der Waals surface area (Å²) in [7, 11) is 1.63. The molecule has 0 aromatic rings. The number of halogens is 1. The fraction of sp³-hybridized carbons (Fsp3) is 0.714. The van der Waals surface area contributed by atoms with Gasteiger partial charge in [0.05, 0.1) is 4.91 Å². The van der Waals surface area contributed by atoms with Crippen LogP contribution in [0.5, 0.6) is 0 Å². The summed E-state index contributed by atoms with van der Waals surface area (Å²) in [6.45, 7) is 3.51. The molecular weight excluding hydrogens is 216 g/mol. The van der Waals surface area contributed by atoms with Crippen LogP contribution in [0.4, 0.5) is 0 Å². The highest BCUT2D eigenvalue weighted by Gasteiger charge is 2.24. The maximum atomic E-state index is 10.9. The molecule has 1 rings (SSSR count). The van der Waals surface area contributed by atoms with E-state index >= 15 is 0 Å². The Morgan fingerprint density at radius 2 is 2.17 bits per heavy atom. The van der Waals surface area contributed by atoms with E-state index in [1.165, 1.54) is 0 Å². The van der Waals surface area contributed by atoms with Crippen molar-refractivity contribution < 1.29 is 8.42 Å². The molecule has 1 atom stereocenters. The second kappa shape index (κ2) is 4.03. The van der Waals surface area contributed by atoms with E-state index in [0.29, 0.717) is 0 Å². The summed E-state index contributed by atoms with van der Waals surface area (Å²) in [4.78, 5) is 0.175. The maximum absolute atomic E-state index is 10.9. The molecule has 0 saturated carbocycles. The first-order valence-electron chi connectivity index (χ1n) is 3.77. The Labute approximate surface area is 81.8 Å². The normalized spacial score (nSPS) is 25.2. The van der Waals surface area contributed by atoms with Crippen LogP contribution in [0.3, 0.4) is 0 Å². The molecule has 0 aromatic heterocycles. The van der Waals surface area contributed by atoms with Crippen molar-refractivity contribution in [1.29, 1.82) is 0 Å². The Bertz CT molecular complexity index is 265. The third-order valence-corrected chi connectivity index (χ3v) is 4.95. The second-order valence-electron chi connectivity index (χ2n) is 2.76. The molecule has 1 fully saturated rings. The Hall–Kier alpha value is 0.330. The van der Waals surface area contributed by atoms with E-state index in [1.807, 2.05) is 0 Å². The third kappa shape index (κ3) is 2.68. The minimum absolute atomic E-state index is 0.0150. The second-order valence-corrected chi connectivity index (χ2v) is 6.69. The summed E-state index contributed by atoms with van der Waals surface area (Å²) in [5.74, 6) is 1.01. The van der Waals surface area contributed by atoms with Gasteiger partial charge in [0.2, 0.25) is 0 Å². The molecule has 1 saturated heterocycles. The highest BCUT2D eigenvalue weighted by atomic mass is 35.7. The summed E-state index contributed by atoms with van der Waals surface area (Å²) < 4.78 is 21.8. The lowest BCUT2D eigenvalue weighted by Crippen LogP contribution is -2.15. The van der Waals surface area contributed by atoms with Gasteiger partial charge in [-0.25, -0.2) is 8.42 Å². The SMILES string of the molecule is C=C(C1CCCCS1)S(=O)(=O)Cl. The number of hydrogen-bond donors (Lipinski definition) is 0. The molecule has 0 aromatic carbocycles. The van der Waals surface area contributed by atoms with Crippen LogP contribution in [0.25, 0.3) is 0 Å². The molecule has 0 bridgehead atoms. The first-order chi connectivity index (χ1) is 5.52. The molecule has 2 nitrogen and oxygen atoms in total. The predicted octanol–water partition coefficient (Wildman–Crippen LogP) is 2.35. The van der Waals surface area contributed by atoms with Crippen LogP contribution in [0, 0.1) is 0 Å². The van der Waals surface area contributed by atoms with Crippen molar-refractivity contribution in [1.82, 2.24) is 0 Å². The minimum Gasteiger partial charge on any atom is -0.207 e. The van der Waals surface area contributed by atoms with Crippen molar-refractivity contribution in [3.8, 4) is 0 Å². The summed E-state index contributed by atoms with van der Waals surface area (Å²) in [6, 6.07) is 0. The largest absolute Gasteiger partial charge is 0.258 e. The highest BCUT2D eigenvalue weighted by molar-refractivity contribution is 8.17. The summed E-state index contributed by atoms with van der Waals surface area (Å²) in [5, 5.41) is 0.0150. The van der Waals surface area contributed by atoms with Gasteiger partial charge in [-0.2, -0.15) is 11.8 Å². The lowest BCUT2D eigenvalue weighted by molar-refractivity contribution is 0.611. The molecule has 1 heterocycles. The maximum Gasteiger partial charge on any atom is 0.258 e. The lowest BCUT2D eigenvalue weighted by Gasteiger charge is -2.21. The summed E-state index contributed by atoms with van der Waals surface area (Å²) >= 11 is 1.64. The van der Waals surface area contributed by atoms with Gasteiger partial charge in [-0.3, -0.25) is 0 Å². The molecule has 12 heavy (non-hydrogen) atoms.